The molecule has 0 saturated carbocycles. The third-order valence-corrected chi connectivity index (χ3v) is 5.18. The quantitative estimate of drug-likeness (QED) is 0.741. The zero-order valence-corrected chi connectivity index (χ0v) is 12.1. The van der Waals surface area contributed by atoms with Crippen LogP contribution in [0.1, 0.15) is 53.4 Å². The highest BCUT2D eigenvalue weighted by Gasteiger charge is 2.50. The van der Waals surface area contributed by atoms with Crippen LogP contribution in [0.3, 0.4) is 0 Å². The summed E-state index contributed by atoms with van der Waals surface area (Å²) >= 11 is 0. The van der Waals surface area contributed by atoms with Crippen molar-refractivity contribution in [3.05, 3.63) is 0 Å². The first kappa shape index (κ1) is 13.4. The van der Waals surface area contributed by atoms with Crippen LogP contribution in [0, 0.1) is 11.8 Å². The van der Waals surface area contributed by atoms with Crippen molar-refractivity contribution < 1.29 is 0 Å². The zero-order chi connectivity index (χ0) is 12.5. The number of likely N-dealkylation sites (tertiary alicyclic amines) is 1. The van der Waals surface area contributed by atoms with Crippen molar-refractivity contribution in [3.8, 4) is 0 Å². The highest BCUT2D eigenvalue weighted by Crippen LogP contribution is 2.42. The maximum absolute atomic E-state index is 3.57. The molecule has 100 valence electrons. The average molecular weight is 238 g/mol. The van der Waals surface area contributed by atoms with E-state index in [9.17, 15) is 0 Å². The first-order valence-electron chi connectivity index (χ1n) is 7.54. The molecule has 0 aliphatic carbocycles. The minimum atomic E-state index is 0.403. The summed E-state index contributed by atoms with van der Waals surface area (Å²) in [6.45, 7) is 13.4. The van der Waals surface area contributed by atoms with Crippen molar-refractivity contribution in [2.45, 2.75) is 65.0 Å². The molecule has 2 heterocycles. The average Bonchev–Trinajstić information content (AvgIpc) is 2.81. The summed E-state index contributed by atoms with van der Waals surface area (Å²) < 4.78 is 0. The molecular formula is C15H30N2. The van der Waals surface area contributed by atoms with Crippen molar-refractivity contribution in [2.75, 3.05) is 19.6 Å². The Kier molecular flexibility index (Phi) is 4.14. The fraction of sp³-hybridized carbons (Fsp3) is 1.00. The first-order chi connectivity index (χ1) is 8.07. The van der Waals surface area contributed by atoms with Crippen LogP contribution in [-0.2, 0) is 0 Å². The molecule has 0 aromatic heterocycles. The molecular weight excluding hydrogens is 208 g/mol. The zero-order valence-electron chi connectivity index (χ0n) is 12.1. The number of unbranched alkanes of at least 4 members (excludes halogenated alkanes) is 2. The van der Waals surface area contributed by atoms with E-state index in [4.69, 9.17) is 0 Å². The Balaban J connectivity index is 1.92. The van der Waals surface area contributed by atoms with Crippen LogP contribution in [0.25, 0.3) is 0 Å². The SMILES string of the molecule is CCCCCC(C)N1CC2CNCC2C1(C)C. The maximum atomic E-state index is 3.57. The van der Waals surface area contributed by atoms with Gasteiger partial charge in [0.15, 0.2) is 0 Å². The summed E-state index contributed by atoms with van der Waals surface area (Å²) in [6.07, 6.45) is 5.51. The van der Waals surface area contributed by atoms with E-state index >= 15 is 0 Å². The number of rotatable bonds is 5. The van der Waals surface area contributed by atoms with Crippen LogP contribution < -0.4 is 5.32 Å². The third kappa shape index (κ3) is 2.53. The van der Waals surface area contributed by atoms with E-state index in [1.54, 1.807) is 0 Å². The first-order valence-corrected chi connectivity index (χ1v) is 7.54. The molecule has 0 aromatic rings. The number of nitrogens with zero attached hydrogens (tertiary/aromatic N) is 1. The highest BCUT2D eigenvalue weighted by atomic mass is 15.3. The summed E-state index contributed by atoms with van der Waals surface area (Å²) in [5.41, 5.74) is 0.403. The van der Waals surface area contributed by atoms with Crippen LogP contribution in [0.5, 0.6) is 0 Å². The smallest absolute Gasteiger partial charge is 0.0200 e. The van der Waals surface area contributed by atoms with Crippen LogP contribution in [0.4, 0.5) is 0 Å². The number of fused-ring (bicyclic) bond motifs is 1. The van der Waals surface area contributed by atoms with Crippen molar-refractivity contribution in [3.63, 3.8) is 0 Å². The van der Waals surface area contributed by atoms with E-state index in [2.05, 4.69) is 37.9 Å². The highest BCUT2D eigenvalue weighted by molar-refractivity contribution is 5.05. The van der Waals surface area contributed by atoms with Crippen LogP contribution in [0.2, 0.25) is 0 Å². The molecule has 3 atom stereocenters. The van der Waals surface area contributed by atoms with Gasteiger partial charge in [0.25, 0.3) is 0 Å². The van der Waals surface area contributed by atoms with Crippen molar-refractivity contribution in [1.29, 1.82) is 0 Å². The van der Waals surface area contributed by atoms with Gasteiger partial charge in [-0.15, -0.1) is 0 Å². The van der Waals surface area contributed by atoms with Crippen LogP contribution in [-0.4, -0.2) is 36.1 Å². The Morgan fingerprint density at radius 3 is 2.71 bits per heavy atom. The Morgan fingerprint density at radius 2 is 2.06 bits per heavy atom. The normalized spacial score (nSPS) is 33.9. The molecule has 2 saturated heterocycles. The second kappa shape index (κ2) is 5.27. The van der Waals surface area contributed by atoms with Crippen LogP contribution >= 0.6 is 0 Å². The predicted molar refractivity (Wildman–Crippen MR) is 74.2 cm³/mol. The largest absolute Gasteiger partial charge is 0.316 e. The fourth-order valence-electron chi connectivity index (χ4n) is 4.05. The van der Waals surface area contributed by atoms with Gasteiger partial charge in [-0.25, -0.2) is 0 Å². The summed E-state index contributed by atoms with van der Waals surface area (Å²) in [4.78, 5) is 2.79. The predicted octanol–water partition coefficient (Wildman–Crippen LogP) is 2.89. The van der Waals surface area contributed by atoms with Gasteiger partial charge in [0.05, 0.1) is 0 Å². The number of hydrogen-bond acceptors (Lipinski definition) is 2. The summed E-state index contributed by atoms with van der Waals surface area (Å²) in [7, 11) is 0. The molecule has 2 nitrogen and oxygen atoms in total. The van der Waals surface area contributed by atoms with E-state index in [-0.39, 0.29) is 0 Å². The van der Waals surface area contributed by atoms with Gasteiger partial charge in [0, 0.05) is 24.7 Å². The monoisotopic (exact) mass is 238 g/mol. The summed E-state index contributed by atoms with van der Waals surface area (Å²) in [5, 5.41) is 3.57. The van der Waals surface area contributed by atoms with Crippen molar-refractivity contribution in [2.24, 2.45) is 11.8 Å². The molecule has 3 unspecified atom stereocenters. The van der Waals surface area contributed by atoms with Crippen molar-refractivity contribution in [1.82, 2.24) is 10.2 Å². The Morgan fingerprint density at radius 1 is 1.29 bits per heavy atom. The van der Waals surface area contributed by atoms with Crippen molar-refractivity contribution >= 4 is 0 Å². The molecule has 0 amide bonds. The van der Waals surface area contributed by atoms with Gasteiger partial charge >= 0.3 is 0 Å². The van der Waals surface area contributed by atoms with Crippen LogP contribution in [0.15, 0.2) is 0 Å². The van der Waals surface area contributed by atoms with Gasteiger partial charge < -0.3 is 5.32 Å². The molecule has 2 rings (SSSR count). The molecule has 2 fully saturated rings. The van der Waals surface area contributed by atoms with Gasteiger partial charge in [0.2, 0.25) is 0 Å². The summed E-state index contributed by atoms with van der Waals surface area (Å²) in [6, 6.07) is 0.766. The standard InChI is InChI=1S/C15H30N2/c1-5-6-7-8-12(2)17-11-13-9-16-10-14(13)15(17,3)4/h12-14,16H,5-11H2,1-4H3. The lowest BCUT2D eigenvalue weighted by Gasteiger charge is -2.40. The fourth-order valence-corrected chi connectivity index (χ4v) is 4.05. The van der Waals surface area contributed by atoms with E-state index in [1.807, 2.05) is 0 Å². The molecule has 0 bridgehead atoms. The Bertz CT molecular complexity index is 249. The molecule has 0 aromatic carbocycles. The summed E-state index contributed by atoms with van der Waals surface area (Å²) in [5.74, 6) is 1.77. The Labute approximate surface area is 107 Å². The van der Waals surface area contributed by atoms with E-state index < -0.39 is 0 Å². The lowest BCUT2D eigenvalue weighted by Crippen LogP contribution is -2.48. The topological polar surface area (TPSA) is 15.3 Å². The maximum Gasteiger partial charge on any atom is 0.0200 e. The Hall–Kier alpha value is -0.0800. The molecule has 0 spiro atoms. The minimum absolute atomic E-state index is 0.403. The van der Waals surface area contributed by atoms with Gasteiger partial charge in [-0.2, -0.15) is 0 Å². The van der Waals surface area contributed by atoms with E-state index in [1.165, 1.54) is 45.3 Å². The number of nitrogens with one attached hydrogen (secondary N) is 1. The number of hydrogen-bond donors (Lipinski definition) is 1. The van der Waals surface area contributed by atoms with E-state index in [0.717, 1.165) is 17.9 Å². The van der Waals surface area contributed by atoms with Gasteiger partial charge in [-0.05, 0) is 45.6 Å². The van der Waals surface area contributed by atoms with Gasteiger partial charge in [-0.3, -0.25) is 4.90 Å². The molecule has 2 aliphatic heterocycles. The lowest BCUT2D eigenvalue weighted by atomic mass is 9.84. The second-order valence-corrected chi connectivity index (χ2v) is 6.68. The van der Waals surface area contributed by atoms with Gasteiger partial charge in [0.1, 0.15) is 0 Å². The van der Waals surface area contributed by atoms with E-state index in [0.29, 0.717) is 5.54 Å². The van der Waals surface area contributed by atoms with Gasteiger partial charge in [-0.1, -0.05) is 26.2 Å². The minimum Gasteiger partial charge on any atom is -0.316 e. The molecule has 0 radical (unpaired) electrons. The molecule has 2 heteroatoms. The molecule has 17 heavy (non-hydrogen) atoms. The second-order valence-electron chi connectivity index (χ2n) is 6.68. The lowest BCUT2D eigenvalue weighted by molar-refractivity contribution is 0.0912. The molecule has 1 N–H and O–H groups in total. The third-order valence-electron chi connectivity index (χ3n) is 5.18. The molecule has 2 aliphatic rings.